The van der Waals surface area contributed by atoms with Crippen molar-refractivity contribution in [1.82, 2.24) is 19.3 Å². The van der Waals surface area contributed by atoms with Crippen molar-refractivity contribution in [2.75, 3.05) is 18.8 Å². The molecule has 0 radical (unpaired) electrons. The van der Waals surface area contributed by atoms with Gasteiger partial charge < -0.3 is 9.30 Å². The largest absolute Gasteiger partial charge is 0.342 e. The van der Waals surface area contributed by atoms with Crippen molar-refractivity contribution >= 4 is 34.3 Å². The molecular weight excluding hydrogens is 308 g/mol. The molecule has 0 aliphatic carbocycles. The van der Waals surface area contributed by atoms with Crippen LogP contribution in [-0.4, -0.2) is 44.0 Å². The van der Waals surface area contributed by atoms with Crippen LogP contribution in [-0.2, 0) is 4.79 Å². The van der Waals surface area contributed by atoms with E-state index in [9.17, 15) is 4.79 Å². The Kier molecular flexibility index (Phi) is 3.91. The highest BCUT2D eigenvalue weighted by Crippen LogP contribution is 2.26. The van der Waals surface area contributed by atoms with Crippen molar-refractivity contribution in [3.63, 3.8) is 0 Å². The number of carbonyl (C=O) groups excluding carboxylic acids is 1. The second-order valence-electron chi connectivity index (χ2n) is 5.76. The summed E-state index contributed by atoms with van der Waals surface area (Å²) in [6.07, 6.45) is 7.24. The van der Waals surface area contributed by atoms with E-state index in [4.69, 9.17) is 0 Å². The maximum atomic E-state index is 12.4. The maximum Gasteiger partial charge on any atom is 0.232 e. The SMILES string of the molecule is O=C(CSc1nc2ncccc2n2cccc12)N1CCCCC1. The van der Waals surface area contributed by atoms with E-state index in [1.807, 2.05) is 35.4 Å². The Morgan fingerprint density at radius 2 is 1.96 bits per heavy atom. The average Bonchev–Trinajstić information content (AvgIpc) is 3.10. The van der Waals surface area contributed by atoms with Gasteiger partial charge in [0, 0.05) is 25.5 Å². The zero-order valence-corrected chi connectivity index (χ0v) is 13.6. The molecule has 0 atom stereocenters. The molecule has 0 bridgehead atoms. The van der Waals surface area contributed by atoms with Gasteiger partial charge in [0.05, 0.1) is 16.8 Å². The van der Waals surface area contributed by atoms with Crippen LogP contribution in [0.15, 0.2) is 41.7 Å². The molecule has 1 saturated heterocycles. The summed E-state index contributed by atoms with van der Waals surface area (Å²) in [4.78, 5) is 23.3. The van der Waals surface area contributed by atoms with Crippen molar-refractivity contribution in [3.8, 4) is 0 Å². The Balaban J connectivity index is 1.60. The van der Waals surface area contributed by atoms with E-state index in [-0.39, 0.29) is 5.91 Å². The zero-order chi connectivity index (χ0) is 15.6. The highest BCUT2D eigenvalue weighted by atomic mass is 32.2. The number of amides is 1. The fourth-order valence-electron chi connectivity index (χ4n) is 3.05. The standard InChI is InChI=1S/C17H18N4OS/c22-15(20-9-2-1-3-10-20)12-23-17-14-7-5-11-21(14)13-6-4-8-18-16(13)19-17/h4-8,11H,1-3,9-10,12H2. The summed E-state index contributed by atoms with van der Waals surface area (Å²) >= 11 is 1.51. The van der Waals surface area contributed by atoms with Crippen molar-refractivity contribution in [1.29, 1.82) is 0 Å². The van der Waals surface area contributed by atoms with Crippen LogP contribution < -0.4 is 0 Å². The van der Waals surface area contributed by atoms with Crippen molar-refractivity contribution in [2.45, 2.75) is 24.3 Å². The summed E-state index contributed by atoms with van der Waals surface area (Å²) in [5.74, 6) is 0.647. The van der Waals surface area contributed by atoms with E-state index in [0.29, 0.717) is 11.4 Å². The molecule has 0 N–H and O–H groups in total. The molecule has 3 aromatic rings. The van der Waals surface area contributed by atoms with Crippen LogP contribution in [0.2, 0.25) is 0 Å². The van der Waals surface area contributed by atoms with Crippen LogP contribution in [0.25, 0.3) is 16.7 Å². The van der Waals surface area contributed by atoms with Crippen LogP contribution in [0.1, 0.15) is 19.3 Å². The number of thioether (sulfide) groups is 1. The molecule has 6 heteroatoms. The van der Waals surface area contributed by atoms with Gasteiger partial charge in [-0.15, -0.1) is 0 Å². The molecule has 3 aromatic heterocycles. The van der Waals surface area contributed by atoms with E-state index < -0.39 is 0 Å². The number of carbonyl (C=O) groups is 1. The minimum Gasteiger partial charge on any atom is -0.342 e. The summed E-state index contributed by atoms with van der Waals surface area (Å²) in [5.41, 5.74) is 2.73. The second kappa shape index (κ2) is 6.20. The maximum absolute atomic E-state index is 12.4. The third kappa shape index (κ3) is 2.79. The second-order valence-corrected chi connectivity index (χ2v) is 6.72. The van der Waals surface area contributed by atoms with Crippen molar-refractivity contribution in [3.05, 3.63) is 36.7 Å². The number of piperidine rings is 1. The van der Waals surface area contributed by atoms with Gasteiger partial charge in [-0.1, -0.05) is 11.8 Å². The smallest absolute Gasteiger partial charge is 0.232 e. The molecule has 4 heterocycles. The normalized spacial score (nSPS) is 15.4. The molecule has 0 unspecified atom stereocenters. The van der Waals surface area contributed by atoms with Gasteiger partial charge in [0.2, 0.25) is 5.91 Å². The van der Waals surface area contributed by atoms with E-state index >= 15 is 0 Å². The number of rotatable bonds is 3. The van der Waals surface area contributed by atoms with E-state index in [1.165, 1.54) is 18.2 Å². The van der Waals surface area contributed by atoms with Gasteiger partial charge in [-0.25, -0.2) is 9.97 Å². The lowest BCUT2D eigenvalue weighted by molar-refractivity contribution is -0.129. The molecule has 0 saturated carbocycles. The Morgan fingerprint density at radius 3 is 2.83 bits per heavy atom. The van der Waals surface area contributed by atoms with Crippen LogP contribution in [0.4, 0.5) is 0 Å². The van der Waals surface area contributed by atoms with E-state index in [0.717, 1.165) is 42.0 Å². The average molecular weight is 326 g/mol. The molecule has 118 valence electrons. The van der Waals surface area contributed by atoms with E-state index in [2.05, 4.69) is 14.4 Å². The van der Waals surface area contributed by atoms with Crippen LogP contribution in [0.3, 0.4) is 0 Å². The van der Waals surface area contributed by atoms with Crippen LogP contribution in [0.5, 0.6) is 0 Å². The number of hydrogen-bond acceptors (Lipinski definition) is 4. The van der Waals surface area contributed by atoms with Gasteiger partial charge in [-0.3, -0.25) is 4.79 Å². The summed E-state index contributed by atoms with van der Waals surface area (Å²) in [7, 11) is 0. The van der Waals surface area contributed by atoms with Gasteiger partial charge in [-0.05, 0) is 43.5 Å². The fraction of sp³-hybridized carbons (Fsp3) is 0.353. The molecule has 1 amide bonds. The Labute approximate surface area is 138 Å². The summed E-state index contributed by atoms with van der Waals surface area (Å²) in [6, 6.07) is 7.96. The molecule has 1 aliphatic heterocycles. The Bertz CT molecular complexity index is 854. The number of aromatic nitrogens is 3. The number of fused-ring (bicyclic) bond motifs is 3. The zero-order valence-electron chi connectivity index (χ0n) is 12.8. The third-order valence-electron chi connectivity index (χ3n) is 4.24. The van der Waals surface area contributed by atoms with Gasteiger partial charge in [0.25, 0.3) is 0 Å². The topological polar surface area (TPSA) is 50.5 Å². The van der Waals surface area contributed by atoms with Crippen LogP contribution >= 0.6 is 11.8 Å². The highest BCUT2D eigenvalue weighted by molar-refractivity contribution is 8.00. The number of pyridine rings is 1. The first-order valence-corrected chi connectivity index (χ1v) is 8.94. The van der Waals surface area contributed by atoms with Gasteiger partial charge in [0.15, 0.2) is 5.65 Å². The molecule has 0 aromatic carbocycles. The monoisotopic (exact) mass is 326 g/mol. The fourth-order valence-corrected chi connectivity index (χ4v) is 3.96. The molecule has 23 heavy (non-hydrogen) atoms. The minimum absolute atomic E-state index is 0.210. The minimum atomic E-state index is 0.210. The molecule has 1 aliphatic rings. The van der Waals surface area contributed by atoms with Crippen LogP contribution in [0, 0.1) is 0 Å². The van der Waals surface area contributed by atoms with Crippen molar-refractivity contribution < 1.29 is 4.79 Å². The first-order valence-electron chi connectivity index (χ1n) is 7.95. The van der Waals surface area contributed by atoms with Crippen molar-refractivity contribution in [2.24, 2.45) is 0 Å². The van der Waals surface area contributed by atoms with Gasteiger partial charge >= 0.3 is 0 Å². The summed E-state index contributed by atoms with van der Waals surface area (Å²) < 4.78 is 2.09. The van der Waals surface area contributed by atoms with Gasteiger partial charge in [-0.2, -0.15) is 0 Å². The number of hydrogen-bond donors (Lipinski definition) is 0. The summed E-state index contributed by atoms with van der Waals surface area (Å²) in [5, 5.41) is 0.867. The number of likely N-dealkylation sites (tertiary alicyclic amines) is 1. The highest BCUT2D eigenvalue weighted by Gasteiger charge is 2.18. The summed E-state index contributed by atoms with van der Waals surface area (Å²) in [6.45, 7) is 1.79. The Morgan fingerprint density at radius 1 is 1.13 bits per heavy atom. The molecule has 5 nitrogen and oxygen atoms in total. The van der Waals surface area contributed by atoms with Gasteiger partial charge in [0.1, 0.15) is 5.03 Å². The molecule has 1 fully saturated rings. The molecule has 4 rings (SSSR count). The lowest BCUT2D eigenvalue weighted by Gasteiger charge is -2.26. The lowest BCUT2D eigenvalue weighted by atomic mass is 10.1. The molecular formula is C17H18N4OS. The molecule has 0 spiro atoms. The predicted molar refractivity (Wildman–Crippen MR) is 91.6 cm³/mol. The first kappa shape index (κ1) is 14.5. The number of nitrogens with zero attached hydrogens (tertiary/aromatic N) is 4. The first-order chi connectivity index (χ1) is 11.3. The Hall–Kier alpha value is -2.08. The third-order valence-corrected chi connectivity index (χ3v) is 5.21. The lowest BCUT2D eigenvalue weighted by Crippen LogP contribution is -2.36. The quantitative estimate of drug-likeness (QED) is 0.694. The van der Waals surface area contributed by atoms with E-state index in [1.54, 1.807) is 6.20 Å². The predicted octanol–water partition coefficient (Wildman–Crippen LogP) is 2.99.